The summed E-state index contributed by atoms with van der Waals surface area (Å²) in [5.41, 5.74) is 2.30. The fraction of sp³-hybridized carbons (Fsp3) is 0.280. The Balaban J connectivity index is 1.35. The number of aromatic nitrogens is 1. The van der Waals surface area contributed by atoms with Crippen LogP contribution in [0.25, 0.3) is 0 Å². The Bertz CT molecular complexity index is 1200. The largest absolute Gasteiger partial charge is 0.478 e. The fourth-order valence-electron chi connectivity index (χ4n) is 3.91. The topological polar surface area (TPSA) is 108 Å². The van der Waals surface area contributed by atoms with Crippen molar-refractivity contribution in [1.29, 1.82) is 0 Å². The van der Waals surface area contributed by atoms with Gasteiger partial charge in [0.1, 0.15) is 0 Å². The van der Waals surface area contributed by atoms with Crippen molar-refractivity contribution in [2.75, 3.05) is 10.6 Å². The van der Waals surface area contributed by atoms with Gasteiger partial charge in [-0.15, -0.1) is 23.1 Å². The molecule has 0 saturated heterocycles. The molecular formula is C25H25N3O4S2. The molecule has 7 nitrogen and oxygen atoms in total. The number of Topliss-reactive ketones (excluding diaryl/α,β-unsaturated/α-hetero) is 1. The number of hydrogen-bond donors (Lipinski definition) is 3. The van der Waals surface area contributed by atoms with E-state index in [1.807, 2.05) is 19.1 Å². The van der Waals surface area contributed by atoms with Crippen molar-refractivity contribution in [2.45, 2.75) is 43.3 Å². The molecule has 176 valence electrons. The van der Waals surface area contributed by atoms with Crippen LogP contribution in [0.4, 0.5) is 15.6 Å². The van der Waals surface area contributed by atoms with Gasteiger partial charge in [-0.1, -0.05) is 24.5 Å². The van der Waals surface area contributed by atoms with Gasteiger partial charge in [0.15, 0.2) is 10.9 Å². The predicted octanol–water partition coefficient (Wildman–Crippen LogP) is 6.46. The molecule has 34 heavy (non-hydrogen) atoms. The second-order valence-corrected chi connectivity index (χ2v) is 10.4. The minimum Gasteiger partial charge on any atom is -0.478 e. The van der Waals surface area contributed by atoms with Crippen molar-refractivity contribution in [3.63, 3.8) is 0 Å². The molecule has 0 bridgehead atoms. The van der Waals surface area contributed by atoms with Gasteiger partial charge in [-0.3, -0.25) is 10.1 Å². The lowest BCUT2D eigenvalue weighted by Gasteiger charge is -2.14. The maximum absolute atomic E-state index is 13.0. The normalized spacial score (nSPS) is 13.6. The third kappa shape index (κ3) is 6.03. The number of benzene rings is 2. The second kappa shape index (κ2) is 10.8. The van der Waals surface area contributed by atoms with Crippen molar-refractivity contribution in [3.8, 4) is 0 Å². The number of carboxylic acids is 1. The predicted molar refractivity (Wildman–Crippen MR) is 135 cm³/mol. The van der Waals surface area contributed by atoms with E-state index in [4.69, 9.17) is 5.11 Å². The van der Waals surface area contributed by atoms with E-state index in [1.54, 1.807) is 48.3 Å². The highest BCUT2D eigenvalue weighted by Gasteiger charge is 2.26. The first-order valence-electron chi connectivity index (χ1n) is 11.0. The number of carboxylic acid groups (broad SMARTS) is 1. The molecule has 0 unspecified atom stereocenters. The standard InChI is InChI=1S/C25H25N3O4S2/c1-15-6-11-21(20(12-15)22(29)16-4-2-3-5-16)27-24(32)28-25-26-13-19(34-25)14-33-18-9-7-17(8-10-18)23(30)31/h6-13,16H,2-5,14H2,1H3,(H,30,31)(H2,26,27,28,32). The molecule has 1 aliphatic rings. The van der Waals surface area contributed by atoms with Crippen LogP contribution in [0.3, 0.4) is 0 Å². The van der Waals surface area contributed by atoms with Gasteiger partial charge in [0.25, 0.3) is 0 Å². The molecule has 2 amide bonds. The third-order valence-electron chi connectivity index (χ3n) is 5.67. The highest BCUT2D eigenvalue weighted by Crippen LogP contribution is 2.31. The first-order valence-corrected chi connectivity index (χ1v) is 12.8. The lowest BCUT2D eigenvalue weighted by Crippen LogP contribution is -2.22. The van der Waals surface area contributed by atoms with Crippen LogP contribution in [-0.4, -0.2) is 27.9 Å². The number of thiazole rings is 1. The smallest absolute Gasteiger partial charge is 0.335 e. The molecule has 1 saturated carbocycles. The summed E-state index contributed by atoms with van der Waals surface area (Å²) in [4.78, 5) is 42.8. The van der Waals surface area contributed by atoms with Crippen LogP contribution in [-0.2, 0) is 5.75 Å². The minimum atomic E-state index is -0.950. The molecule has 2 aromatic carbocycles. The lowest BCUT2D eigenvalue weighted by atomic mass is 9.94. The van der Waals surface area contributed by atoms with Gasteiger partial charge in [0, 0.05) is 33.2 Å². The third-order valence-corrected chi connectivity index (χ3v) is 7.83. The number of urea groups is 1. The van der Waals surface area contributed by atoms with Gasteiger partial charge in [-0.05, 0) is 56.2 Å². The van der Waals surface area contributed by atoms with Crippen LogP contribution < -0.4 is 10.6 Å². The summed E-state index contributed by atoms with van der Waals surface area (Å²) in [6.07, 6.45) is 5.66. The summed E-state index contributed by atoms with van der Waals surface area (Å²) in [6.45, 7) is 1.94. The monoisotopic (exact) mass is 495 g/mol. The Morgan fingerprint density at radius 2 is 1.82 bits per heavy atom. The van der Waals surface area contributed by atoms with Gasteiger partial charge in [0.2, 0.25) is 0 Å². The van der Waals surface area contributed by atoms with E-state index in [2.05, 4.69) is 15.6 Å². The van der Waals surface area contributed by atoms with Crippen LogP contribution in [0.5, 0.6) is 0 Å². The minimum absolute atomic E-state index is 0.0322. The van der Waals surface area contributed by atoms with Crippen LogP contribution in [0.2, 0.25) is 0 Å². The molecule has 3 aromatic rings. The summed E-state index contributed by atoms with van der Waals surface area (Å²) in [5.74, 6) is -0.175. The number of rotatable bonds is 8. The lowest BCUT2D eigenvalue weighted by molar-refractivity contribution is 0.0696. The number of thioether (sulfide) groups is 1. The molecule has 1 aliphatic carbocycles. The molecule has 0 radical (unpaired) electrons. The van der Waals surface area contributed by atoms with Crippen molar-refractivity contribution in [1.82, 2.24) is 4.98 Å². The maximum Gasteiger partial charge on any atom is 0.335 e. The zero-order valence-electron chi connectivity index (χ0n) is 18.7. The number of aromatic carboxylic acids is 1. The number of ketones is 1. The van der Waals surface area contributed by atoms with Gasteiger partial charge in [0.05, 0.1) is 11.3 Å². The van der Waals surface area contributed by atoms with Crippen LogP contribution in [0.1, 0.15) is 56.8 Å². The van der Waals surface area contributed by atoms with E-state index in [1.165, 1.54) is 11.3 Å². The Kier molecular flexibility index (Phi) is 7.64. The molecule has 0 atom stereocenters. The number of nitrogens with zero attached hydrogens (tertiary/aromatic N) is 1. The molecule has 1 aromatic heterocycles. The van der Waals surface area contributed by atoms with Crippen LogP contribution >= 0.6 is 23.1 Å². The van der Waals surface area contributed by atoms with Gasteiger partial charge in [-0.25, -0.2) is 14.6 Å². The first kappa shape index (κ1) is 24.0. The number of carbonyl (C=O) groups is 3. The molecule has 0 aliphatic heterocycles. The van der Waals surface area contributed by atoms with Crippen molar-refractivity contribution in [3.05, 3.63) is 70.2 Å². The maximum atomic E-state index is 13.0. The molecule has 9 heteroatoms. The first-order chi connectivity index (χ1) is 16.4. The Hall–Kier alpha value is -3.17. The molecule has 3 N–H and O–H groups in total. The van der Waals surface area contributed by atoms with E-state index in [0.29, 0.717) is 22.1 Å². The van der Waals surface area contributed by atoms with E-state index < -0.39 is 12.0 Å². The van der Waals surface area contributed by atoms with Crippen LogP contribution in [0.15, 0.2) is 53.6 Å². The molecular weight excluding hydrogens is 470 g/mol. The zero-order valence-corrected chi connectivity index (χ0v) is 20.3. The van der Waals surface area contributed by atoms with E-state index in [0.717, 1.165) is 41.0 Å². The van der Waals surface area contributed by atoms with Gasteiger partial charge in [-0.2, -0.15) is 0 Å². The summed E-state index contributed by atoms with van der Waals surface area (Å²) in [5, 5.41) is 15.0. The average Bonchev–Trinajstić information content (AvgIpc) is 3.51. The SMILES string of the molecule is Cc1ccc(NC(=O)Nc2ncc(CSc3ccc(C(=O)O)cc3)s2)c(C(=O)C2CCCC2)c1. The Morgan fingerprint density at radius 1 is 1.09 bits per heavy atom. The fourth-order valence-corrected chi connectivity index (χ4v) is 5.64. The summed E-state index contributed by atoms with van der Waals surface area (Å²) in [7, 11) is 0. The Labute approximate surface area is 206 Å². The summed E-state index contributed by atoms with van der Waals surface area (Å²) >= 11 is 2.93. The summed E-state index contributed by atoms with van der Waals surface area (Å²) < 4.78 is 0. The molecule has 0 spiro atoms. The number of nitrogens with one attached hydrogen (secondary N) is 2. The highest BCUT2D eigenvalue weighted by atomic mass is 32.2. The van der Waals surface area contributed by atoms with E-state index in [-0.39, 0.29) is 17.3 Å². The molecule has 1 fully saturated rings. The zero-order chi connectivity index (χ0) is 24.1. The second-order valence-electron chi connectivity index (χ2n) is 8.22. The van der Waals surface area contributed by atoms with E-state index >= 15 is 0 Å². The van der Waals surface area contributed by atoms with E-state index in [9.17, 15) is 14.4 Å². The molecule has 4 rings (SSSR count). The van der Waals surface area contributed by atoms with Crippen LogP contribution in [0, 0.1) is 12.8 Å². The van der Waals surface area contributed by atoms with Gasteiger partial charge < -0.3 is 10.4 Å². The van der Waals surface area contributed by atoms with Crippen molar-refractivity contribution in [2.24, 2.45) is 5.92 Å². The number of hydrogen-bond acceptors (Lipinski definition) is 6. The number of anilines is 2. The quantitative estimate of drug-likeness (QED) is 0.244. The van der Waals surface area contributed by atoms with Gasteiger partial charge >= 0.3 is 12.0 Å². The summed E-state index contributed by atoms with van der Waals surface area (Å²) in [6, 6.07) is 11.7. The highest BCUT2D eigenvalue weighted by molar-refractivity contribution is 7.98. The van der Waals surface area contributed by atoms with Crippen molar-refractivity contribution < 1.29 is 19.5 Å². The number of amides is 2. The Morgan fingerprint density at radius 3 is 2.53 bits per heavy atom. The molecule has 1 heterocycles. The number of aryl methyl sites for hydroxylation is 1. The van der Waals surface area contributed by atoms with Crippen molar-refractivity contribution >= 4 is 51.7 Å². The number of carbonyl (C=O) groups excluding carboxylic acids is 2. The average molecular weight is 496 g/mol.